The zero-order valence-corrected chi connectivity index (χ0v) is 19.8. The summed E-state index contributed by atoms with van der Waals surface area (Å²) in [5.74, 6) is -0.396. The van der Waals surface area contributed by atoms with Gasteiger partial charge >= 0.3 is 0 Å². The summed E-state index contributed by atoms with van der Waals surface area (Å²) < 4.78 is 5.71. The molecule has 1 aliphatic rings. The average Bonchev–Trinajstić information content (AvgIpc) is 3.08. The number of rotatable bonds is 10. The third-order valence-corrected chi connectivity index (χ3v) is 5.80. The lowest BCUT2D eigenvalue weighted by atomic mass is 9.96. The summed E-state index contributed by atoms with van der Waals surface area (Å²) in [6, 6.07) is 9.82. The van der Waals surface area contributed by atoms with Gasteiger partial charge in [0.15, 0.2) is 0 Å². The van der Waals surface area contributed by atoms with Crippen molar-refractivity contribution in [2.75, 3.05) is 32.8 Å². The highest BCUT2D eigenvalue weighted by Gasteiger charge is 2.46. The van der Waals surface area contributed by atoms with Gasteiger partial charge in [-0.1, -0.05) is 33.8 Å². The third kappa shape index (κ3) is 5.60. The van der Waals surface area contributed by atoms with E-state index >= 15 is 0 Å². The highest BCUT2D eigenvalue weighted by molar-refractivity contribution is 6.46. The molecule has 1 fully saturated rings. The van der Waals surface area contributed by atoms with Crippen molar-refractivity contribution in [3.63, 3.8) is 0 Å². The van der Waals surface area contributed by atoms with E-state index < -0.39 is 17.7 Å². The Labute approximate surface area is 195 Å². The first kappa shape index (κ1) is 24.5. The predicted molar refractivity (Wildman–Crippen MR) is 128 cm³/mol. The van der Waals surface area contributed by atoms with Gasteiger partial charge in [-0.25, -0.2) is 0 Å². The maximum absolute atomic E-state index is 13.1. The standard InChI is InChI=1S/C26H33N3O4/c1-5-28(6-2)14-15-29-23(20-8-7-13-27-16-20)22(25(31)26(29)32)24(30)19-9-11-21(12-10-19)33-17-18(3)4/h7-13,16,18,23,30H,5-6,14-15,17H2,1-4H3/b24-22+. The molecule has 1 amide bonds. The number of hydrogen-bond donors (Lipinski definition) is 1. The summed E-state index contributed by atoms with van der Waals surface area (Å²) in [5.41, 5.74) is 1.24. The lowest BCUT2D eigenvalue weighted by Gasteiger charge is -2.28. The van der Waals surface area contributed by atoms with E-state index in [0.29, 0.717) is 42.5 Å². The number of Topliss-reactive ketones (excluding diaryl/α,β-unsaturated/α-hetero) is 1. The summed E-state index contributed by atoms with van der Waals surface area (Å²) in [7, 11) is 0. The Morgan fingerprint density at radius 3 is 2.42 bits per heavy atom. The van der Waals surface area contributed by atoms with Crippen LogP contribution in [0.2, 0.25) is 0 Å². The van der Waals surface area contributed by atoms with Crippen LogP contribution in [0.1, 0.15) is 44.9 Å². The van der Waals surface area contributed by atoms with Gasteiger partial charge in [0.1, 0.15) is 11.5 Å². The molecule has 0 saturated carbocycles. The zero-order chi connectivity index (χ0) is 24.0. The Balaban J connectivity index is 1.98. The van der Waals surface area contributed by atoms with Crippen LogP contribution < -0.4 is 4.74 Å². The third-order valence-electron chi connectivity index (χ3n) is 5.80. The van der Waals surface area contributed by atoms with Crippen LogP contribution in [-0.2, 0) is 9.59 Å². The first-order valence-corrected chi connectivity index (χ1v) is 11.5. The van der Waals surface area contributed by atoms with Crippen LogP contribution in [0, 0.1) is 5.92 Å². The second kappa shape index (κ2) is 11.1. The molecule has 2 heterocycles. The number of carbonyl (C=O) groups is 2. The SMILES string of the molecule is CCN(CC)CCN1C(=O)C(=O)/C(=C(/O)c2ccc(OCC(C)C)cc2)C1c1cccnc1. The molecule has 1 aromatic heterocycles. The van der Waals surface area contributed by atoms with Gasteiger partial charge in [0, 0.05) is 31.0 Å². The quantitative estimate of drug-likeness (QED) is 0.335. The van der Waals surface area contributed by atoms with E-state index in [4.69, 9.17) is 4.74 Å². The molecule has 0 spiro atoms. The number of ether oxygens (including phenoxy) is 1. The van der Waals surface area contributed by atoms with Gasteiger partial charge in [0.25, 0.3) is 11.7 Å². The molecule has 1 N–H and O–H groups in total. The first-order chi connectivity index (χ1) is 15.9. The molecule has 1 aliphatic heterocycles. The van der Waals surface area contributed by atoms with Crippen LogP contribution in [0.5, 0.6) is 5.75 Å². The van der Waals surface area contributed by atoms with E-state index in [1.54, 1.807) is 47.6 Å². The fourth-order valence-corrected chi connectivity index (χ4v) is 3.91. The number of hydrogen-bond acceptors (Lipinski definition) is 6. The second-order valence-electron chi connectivity index (χ2n) is 8.53. The molecule has 176 valence electrons. The maximum atomic E-state index is 13.1. The lowest BCUT2D eigenvalue weighted by molar-refractivity contribution is -0.140. The Bertz CT molecular complexity index is 982. The van der Waals surface area contributed by atoms with Crippen molar-refractivity contribution in [1.82, 2.24) is 14.8 Å². The Morgan fingerprint density at radius 2 is 1.85 bits per heavy atom. The number of ketones is 1. The molecule has 3 rings (SSSR count). The van der Waals surface area contributed by atoms with Gasteiger partial charge < -0.3 is 19.6 Å². The summed E-state index contributed by atoms with van der Waals surface area (Å²) in [6.45, 7) is 11.6. The molecule has 7 heteroatoms. The number of aliphatic hydroxyl groups is 1. The van der Waals surface area contributed by atoms with Gasteiger partial charge in [0.05, 0.1) is 18.2 Å². The van der Waals surface area contributed by atoms with Crippen LogP contribution in [0.3, 0.4) is 0 Å². The summed E-state index contributed by atoms with van der Waals surface area (Å²) >= 11 is 0. The van der Waals surface area contributed by atoms with Crippen molar-refractivity contribution in [2.24, 2.45) is 5.92 Å². The van der Waals surface area contributed by atoms with Crippen molar-refractivity contribution in [3.8, 4) is 5.75 Å². The molecular formula is C26H33N3O4. The molecular weight excluding hydrogens is 418 g/mol. The highest BCUT2D eigenvalue weighted by Crippen LogP contribution is 2.39. The maximum Gasteiger partial charge on any atom is 0.295 e. The van der Waals surface area contributed by atoms with Crippen LogP contribution in [0.4, 0.5) is 0 Å². The lowest BCUT2D eigenvalue weighted by Crippen LogP contribution is -2.38. The largest absolute Gasteiger partial charge is 0.507 e. The number of benzene rings is 1. The van der Waals surface area contributed by atoms with E-state index in [-0.39, 0.29) is 11.3 Å². The zero-order valence-electron chi connectivity index (χ0n) is 19.8. The molecule has 0 radical (unpaired) electrons. The highest BCUT2D eigenvalue weighted by atomic mass is 16.5. The fraction of sp³-hybridized carbons (Fsp3) is 0.423. The molecule has 1 saturated heterocycles. The van der Waals surface area contributed by atoms with Crippen LogP contribution in [-0.4, -0.2) is 64.4 Å². The van der Waals surface area contributed by atoms with E-state index in [0.717, 1.165) is 13.1 Å². The number of pyridine rings is 1. The van der Waals surface area contributed by atoms with Crippen molar-refractivity contribution >= 4 is 17.4 Å². The van der Waals surface area contributed by atoms with Gasteiger partial charge in [-0.3, -0.25) is 14.6 Å². The van der Waals surface area contributed by atoms with E-state index in [1.807, 2.05) is 6.07 Å². The van der Waals surface area contributed by atoms with Crippen molar-refractivity contribution in [3.05, 3.63) is 65.5 Å². The smallest absolute Gasteiger partial charge is 0.295 e. The normalized spacial score (nSPS) is 17.9. The molecule has 1 atom stereocenters. The summed E-state index contributed by atoms with van der Waals surface area (Å²) in [5, 5.41) is 11.1. The van der Waals surface area contributed by atoms with Crippen LogP contribution >= 0.6 is 0 Å². The van der Waals surface area contributed by atoms with E-state index in [1.165, 1.54) is 0 Å². The second-order valence-corrected chi connectivity index (χ2v) is 8.53. The molecule has 7 nitrogen and oxygen atoms in total. The number of nitrogens with zero attached hydrogens (tertiary/aromatic N) is 3. The number of aliphatic hydroxyl groups excluding tert-OH is 1. The van der Waals surface area contributed by atoms with Crippen LogP contribution in [0.25, 0.3) is 5.76 Å². The molecule has 0 aliphatic carbocycles. The van der Waals surface area contributed by atoms with Crippen molar-refractivity contribution in [1.29, 1.82) is 0 Å². The number of carbonyl (C=O) groups excluding carboxylic acids is 2. The fourth-order valence-electron chi connectivity index (χ4n) is 3.91. The van der Waals surface area contributed by atoms with Gasteiger partial charge in [-0.2, -0.15) is 0 Å². The number of likely N-dealkylation sites (N-methyl/N-ethyl adjacent to an activating group) is 1. The van der Waals surface area contributed by atoms with Gasteiger partial charge in [0.2, 0.25) is 0 Å². The van der Waals surface area contributed by atoms with Crippen molar-refractivity contribution < 1.29 is 19.4 Å². The summed E-state index contributed by atoms with van der Waals surface area (Å²) in [4.78, 5) is 34.0. The Kier molecular flexibility index (Phi) is 8.22. The number of likely N-dealkylation sites (tertiary alicyclic amines) is 1. The molecule has 33 heavy (non-hydrogen) atoms. The number of amides is 1. The molecule has 2 aromatic rings. The van der Waals surface area contributed by atoms with Gasteiger partial charge in [-0.15, -0.1) is 0 Å². The number of aromatic nitrogens is 1. The molecule has 1 unspecified atom stereocenters. The Morgan fingerprint density at radius 1 is 1.15 bits per heavy atom. The minimum atomic E-state index is -0.689. The Hall–Kier alpha value is -3.19. The predicted octanol–water partition coefficient (Wildman–Crippen LogP) is 3.88. The molecule has 0 bridgehead atoms. The summed E-state index contributed by atoms with van der Waals surface area (Å²) in [6.07, 6.45) is 3.28. The minimum Gasteiger partial charge on any atom is -0.507 e. The van der Waals surface area contributed by atoms with Crippen LogP contribution in [0.15, 0.2) is 54.4 Å². The monoisotopic (exact) mass is 451 g/mol. The van der Waals surface area contributed by atoms with Gasteiger partial charge in [-0.05, 0) is 54.9 Å². The van der Waals surface area contributed by atoms with E-state index in [9.17, 15) is 14.7 Å². The molecule has 1 aromatic carbocycles. The topological polar surface area (TPSA) is 83.0 Å². The van der Waals surface area contributed by atoms with Crippen molar-refractivity contribution in [2.45, 2.75) is 33.7 Å². The first-order valence-electron chi connectivity index (χ1n) is 11.5. The minimum absolute atomic E-state index is 0.0865. The van der Waals surface area contributed by atoms with E-state index in [2.05, 4.69) is 37.6 Å². The average molecular weight is 452 g/mol.